The Hall–Kier alpha value is -2.81. The van der Waals surface area contributed by atoms with Crippen molar-refractivity contribution in [1.82, 2.24) is 0 Å². The first-order valence-corrected chi connectivity index (χ1v) is 6.29. The number of carboxylic acid groups (broad SMARTS) is 1. The lowest BCUT2D eigenvalue weighted by molar-refractivity contribution is -0.380. The van der Waals surface area contributed by atoms with Crippen molar-refractivity contribution >= 4 is 33.9 Å². The summed E-state index contributed by atoms with van der Waals surface area (Å²) in [5.41, 5.74) is -0.888. The fourth-order valence-corrected chi connectivity index (χ4v) is 2.29. The van der Waals surface area contributed by atoms with Crippen LogP contribution in [0.1, 0.15) is 20.0 Å². The highest BCUT2D eigenvalue weighted by Crippen LogP contribution is 2.26. The lowest BCUT2D eigenvalue weighted by Crippen LogP contribution is -2.14. The monoisotopic (exact) mass is 310 g/mol. The molecule has 2 rings (SSSR count). The van der Waals surface area contributed by atoms with Gasteiger partial charge in [-0.05, 0) is 18.2 Å². The smallest absolute Gasteiger partial charge is 0.340 e. The molecule has 0 aliphatic carbocycles. The van der Waals surface area contributed by atoms with Crippen LogP contribution in [0.5, 0.6) is 0 Å². The zero-order valence-corrected chi connectivity index (χ0v) is 11.0. The Morgan fingerprint density at radius 1 is 1.29 bits per heavy atom. The molecule has 0 fully saturated rings. The number of hydrogen-bond acceptors (Lipinski definition) is 5. The van der Waals surface area contributed by atoms with Gasteiger partial charge in [0, 0.05) is 6.07 Å². The Labute approximate surface area is 120 Å². The van der Waals surface area contributed by atoms with Gasteiger partial charge in [0.05, 0.1) is 15.5 Å². The van der Waals surface area contributed by atoms with E-state index in [1.807, 2.05) is 0 Å². The van der Waals surface area contributed by atoms with Gasteiger partial charge in [0.2, 0.25) is 0 Å². The van der Waals surface area contributed by atoms with Crippen LogP contribution in [-0.2, 0) is 0 Å². The zero-order valence-electron chi connectivity index (χ0n) is 10.2. The number of hydrogen-bond donors (Lipinski definition) is 2. The Morgan fingerprint density at radius 3 is 2.57 bits per heavy atom. The van der Waals surface area contributed by atoms with Gasteiger partial charge in [-0.3, -0.25) is 14.9 Å². The van der Waals surface area contributed by atoms with Gasteiger partial charge < -0.3 is 10.4 Å². The second-order valence-corrected chi connectivity index (χ2v) is 4.88. The molecular formula is C12H7FN2O5S. The number of halogens is 1. The van der Waals surface area contributed by atoms with Gasteiger partial charge in [0.15, 0.2) is 0 Å². The molecule has 7 nitrogen and oxygen atoms in total. The third kappa shape index (κ3) is 3.03. The molecule has 0 spiro atoms. The molecule has 2 N–H and O–H groups in total. The summed E-state index contributed by atoms with van der Waals surface area (Å²) in [7, 11) is 0. The maximum Gasteiger partial charge on any atom is 0.340 e. The van der Waals surface area contributed by atoms with E-state index in [0.717, 1.165) is 12.1 Å². The van der Waals surface area contributed by atoms with Gasteiger partial charge >= 0.3 is 11.0 Å². The molecule has 1 heterocycles. The molecule has 0 aliphatic heterocycles. The molecule has 0 unspecified atom stereocenters. The van der Waals surface area contributed by atoms with Crippen molar-refractivity contribution in [2.24, 2.45) is 0 Å². The van der Waals surface area contributed by atoms with E-state index in [4.69, 9.17) is 5.11 Å². The predicted molar refractivity (Wildman–Crippen MR) is 72.3 cm³/mol. The van der Waals surface area contributed by atoms with Gasteiger partial charge in [-0.15, -0.1) is 0 Å². The quantitative estimate of drug-likeness (QED) is 0.666. The Bertz CT molecular complexity index is 743. The van der Waals surface area contributed by atoms with Gasteiger partial charge in [-0.1, -0.05) is 17.4 Å². The summed E-state index contributed by atoms with van der Waals surface area (Å²) in [6.45, 7) is 0. The predicted octanol–water partition coefficient (Wildman–Crippen LogP) is 2.75. The summed E-state index contributed by atoms with van der Waals surface area (Å²) >= 11 is 0.634. The SMILES string of the molecule is O=C(Nc1cccc(F)c1C(=O)O)c1ccc([N+](=O)[O-])s1. The van der Waals surface area contributed by atoms with Gasteiger partial charge in [-0.25, -0.2) is 9.18 Å². The second kappa shape index (κ2) is 5.67. The normalized spacial score (nSPS) is 10.1. The molecule has 21 heavy (non-hydrogen) atoms. The lowest BCUT2D eigenvalue weighted by Gasteiger charge is -2.07. The first-order valence-electron chi connectivity index (χ1n) is 5.47. The molecule has 2 aromatic rings. The maximum absolute atomic E-state index is 13.4. The van der Waals surface area contributed by atoms with E-state index >= 15 is 0 Å². The number of nitro groups is 1. The minimum Gasteiger partial charge on any atom is -0.478 e. The molecule has 0 bridgehead atoms. The molecule has 0 radical (unpaired) electrons. The fourth-order valence-electron chi connectivity index (χ4n) is 1.58. The molecule has 1 amide bonds. The van der Waals surface area contributed by atoms with Crippen molar-refractivity contribution in [2.75, 3.05) is 5.32 Å². The fraction of sp³-hybridized carbons (Fsp3) is 0. The van der Waals surface area contributed by atoms with Crippen molar-refractivity contribution < 1.29 is 24.0 Å². The number of aromatic carboxylic acids is 1. The van der Waals surface area contributed by atoms with E-state index in [1.54, 1.807) is 0 Å². The highest BCUT2D eigenvalue weighted by Gasteiger charge is 2.20. The summed E-state index contributed by atoms with van der Waals surface area (Å²) in [6.07, 6.45) is 0. The molecule has 0 saturated carbocycles. The molecule has 1 aromatic carbocycles. The number of nitrogens with zero attached hydrogens (tertiary/aromatic N) is 1. The first kappa shape index (κ1) is 14.6. The summed E-state index contributed by atoms with van der Waals surface area (Å²) in [4.78, 5) is 32.8. The van der Waals surface area contributed by atoms with Crippen LogP contribution in [0.4, 0.5) is 15.1 Å². The summed E-state index contributed by atoms with van der Waals surface area (Å²) in [6, 6.07) is 5.82. The Kier molecular flexibility index (Phi) is 3.94. The average molecular weight is 310 g/mol. The van der Waals surface area contributed by atoms with E-state index in [1.165, 1.54) is 18.2 Å². The van der Waals surface area contributed by atoms with Crippen LogP contribution in [0.25, 0.3) is 0 Å². The maximum atomic E-state index is 13.4. The molecule has 0 aliphatic rings. The van der Waals surface area contributed by atoms with E-state index in [9.17, 15) is 24.1 Å². The van der Waals surface area contributed by atoms with Crippen LogP contribution >= 0.6 is 11.3 Å². The van der Waals surface area contributed by atoms with E-state index < -0.39 is 28.2 Å². The number of nitrogens with one attached hydrogen (secondary N) is 1. The largest absolute Gasteiger partial charge is 0.478 e. The zero-order chi connectivity index (χ0) is 15.6. The summed E-state index contributed by atoms with van der Waals surface area (Å²) in [5.74, 6) is -3.26. The number of amides is 1. The third-order valence-electron chi connectivity index (χ3n) is 2.47. The second-order valence-electron chi connectivity index (χ2n) is 3.82. The van der Waals surface area contributed by atoms with Crippen molar-refractivity contribution in [3.05, 3.63) is 56.7 Å². The minimum absolute atomic E-state index is 0.0160. The van der Waals surface area contributed by atoms with E-state index in [-0.39, 0.29) is 15.6 Å². The van der Waals surface area contributed by atoms with E-state index in [0.29, 0.717) is 11.3 Å². The molecule has 9 heteroatoms. The van der Waals surface area contributed by atoms with Crippen molar-refractivity contribution in [3.8, 4) is 0 Å². The van der Waals surface area contributed by atoms with Crippen LogP contribution in [0.3, 0.4) is 0 Å². The van der Waals surface area contributed by atoms with E-state index in [2.05, 4.69) is 5.32 Å². The number of carbonyl (C=O) groups excluding carboxylic acids is 1. The van der Waals surface area contributed by atoms with Crippen LogP contribution in [0.15, 0.2) is 30.3 Å². The third-order valence-corrected chi connectivity index (χ3v) is 3.51. The highest BCUT2D eigenvalue weighted by atomic mass is 32.1. The number of benzene rings is 1. The van der Waals surface area contributed by atoms with Crippen molar-refractivity contribution in [2.45, 2.75) is 0 Å². The molecular weight excluding hydrogens is 303 g/mol. The van der Waals surface area contributed by atoms with Crippen LogP contribution < -0.4 is 5.32 Å². The lowest BCUT2D eigenvalue weighted by atomic mass is 10.1. The van der Waals surface area contributed by atoms with Crippen LogP contribution in [0, 0.1) is 15.9 Å². The van der Waals surface area contributed by atoms with Crippen molar-refractivity contribution in [3.63, 3.8) is 0 Å². The first-order chi connectivity index (χ1) is 9.90. The Balaban J connectivity index is 2.29. The standard InChI is InChI=1S/C12H7FN2O5S/c13-6-2-1-3-7(10(6)12(17)18)14-11(16)8-4-5-9(21-8)15(19)20/h1-5H,(H,14,16)(H,17,18). The number of rotatable bonds is 4. The van der Waals surface area contributed by atoms with Crippen molar-refractivity contribution in [1.29, 1.82) is 0 Å². The molecule has 0 atom stereocenters. The van der Waals surface area contributed by atoms with Gasteiger partial charge in [0.1, 0.15) is 11.4 Å². The minimum atomic E-state index is -1.53. The topological polar surface area (TPSA) is 110 Å². The van der Waals surface area contributed by atoms with Crippen LogP contribution in [0.2, 0.25) is 0 Å². The van der Waals surface area contributed by atoms with Gasteiger partial charge in [0.25, 0.3) is 5.91 Å². The number of anilines is 1. The van der Waals surface area contributed by atoms with Gasteiger partial charge in [-0.2, -0.15) is 0 Å². The summed E-state index contributed by atoms with van der Waals surface area (Å²) in [5, 5.41) is 21.5. The number of carboxylic acids is 1. The molecule has 1 aromatic heterocycles. The molecule has 0 saturated heterocycles. The molecule has 108 valence electrons. The Morgan fingerprint density at radius 2 is 2.00 bits per heavy atom. The summed E-state index contributed by atoms with van der Waals surface area (Å²) < 4.78 is 13.4. The van der Waals surface area contributed by atoms with Crippen LogP contribution in [-0.4, -0.2) is 21.9 Å². The average Bonchev–Trinajstić information content (AvgIpc) is 2.88. The number of thiophene rings is 1. The highest BCUT2D eigenvalue weighted by molar-refractivity contribution is 7.17. The number of carbonyl (C=O) groups is 2.